The van der Waals surface area contributed by atoms with Crippen LogP contribution in [0.4, 0.5) is 17.8 Å². The Balaban J connectivity index is 3.11. The first-order chi connectivity index (χ1) is 9.87. The van der Waals surface area contributed by atoms with Gasteiger partial charge in [0.25, 0.3) is 0 Å². The van der Waals surface area contributed by atoms with Gasteiger partial charge in [0.2, 0.25) is 17.8 Å². The van der Waals surface area contributed by atoms with E-state index in [-0.39, 0.29) is 0 Å². The number of nitrogens with two attached hydrogens (primary N) is 1. The van der Waals surface area contributed by atoms with E-state index in [1.165, 1.54) is 0 Å². The molecule has 0 aliphatic carbocycles. The van der Waals surface area contributed by atoms with Crippen molar-refractivity contribution in [2.24, 2.45) is 11.8 Å². The van der Waals surface area contributed by atoms with E-state index in [0.29, 0.717) is 29.7 Å². The van der Waals surface area contributed by atoms with Gasteiger partial charge in [0, 0.05) is 26.2 Å². The second-order valence-corrected chi connectivity index (χ2v) is 6.16. The maximum Gasteiger partial charge on any atom is 0.231 e. The quantitative estimate of drug-likeness (QED) is 0.794. The molecular weight excluding hydrogens is 264 g/mol. The summed E-state index contributed by atoms with van der Waals surface area (Å²) in [5.74, 6) is 2.73. The summed E-state index contributed by atoms with van der Waals surface area (Å²) in [6.07, 6.45) is 0. The van der Waals surface area contributed by atoms with Crippen molar-refractivity contribution in [3.05, 3.63) is 0 Å². The summed E-state index contributed by atoms with van der Waals surface area (Å²) in [5, 5.41) is 0. The van der Waals surface area contributed by atoms with E-state index in [0.717, 1.165) is 26.2 Å². The highest BCUT2D eigenvalue weighted by Gasteiger charge is 2.17. The molecule has 1 aromatic heterocycles. The van der Waals surface area contributed by atoms with E-state index in [1.54, 1.807) is 0 Å². The van der Waals surface area contributed by atoms with Crippen LogP contribution < -0.4 is 15.5 Å². The van der Waals surface area contributed by atoms with E-state index < -0.39 is 0 Å². The van der Waals surface area contributed by atoms with Gasteiger partial charge in [-0.05, 0) is 25.7 Å². The Morgan fingerprint density at radius 2 is 1.24 bits per heavy atom. The van der Waals surface area contributed by atoms with Gasteiger partial charge in [-0.25, -0.2) is 0 Å². The van der Waals surface area contributed by atoms with Crippen molar-refractivity contribution in [2.45, 2.75) is 41.5 Å². The molecule has 0 saturated heterocycles. The predicted molar refractivity (Wildman–Crippen MR) is 89.7 cm³/mol. The summed E-state index contributed by atoms with van der Waals surface area (Å²) in [4.78, 5) is 17.5. The highest BCUT2D eigenvalue weighted by Crippen LogP contribution is 2.17. The topological polar surface area (TPSA) is 71.2 Å². The zero-order valence-electron chi connectivity index (χ0n) is 14.3. The van der Waals surface area contributed by atoms with Crippen LogP contribution in [0, 0.1) is 11.8 Å². The first kappa shape index (κ1) is 17.5. The maximum absolute atomic E-state index is 5.89. The maximum atomic E-state index is 5.89. The zero-order chi connectivity index (χ0) is 16.0. The molecule has 0 atom stereocenters. The minimum Gasteiger partial charge on any atom is -0.368 e. The number of nitrogen functional groups attached to an aromatic ring is 1. The SMILES string of the molecule is CCN(CC)c1nc(N)nc(N(CC(C)C)CC(C)C)n1. The average molecular weight is 294 g/mol. The first-order valence-corrected chi connectivity index (χ1v) is 7.88. The molecule has 0 amide bonds. The third kappa shape index (κ3) is 5.36. The first-order valence-electron chi connectivity index (χ1n) is 7.88. The fourth-order valence-corrected chi connectivity index (χ4v) is 2.28. The van der Waals surface area contributed by atoms with Gasteiger partial charge in [0.1, 0.15) is 0 Å². The Morgan fingerprint density at radius 1 is 0.810 bits per heavy atom. The lowest BCUT2D eigenvalue weighted by Gasteiger charge is -2.27. The van der Waals surface area contributed by atoms with Crippen LogP contribution in [0.15, 0.2) is 0 Å². The average Bonchev–Trinajstić information content (AvgIpc) is 2.37. The summed E-state index contributed by atoms with van der Waals surface area (Å²) < 4.78 is 0. The number of hydrogen-bond donors (Lipinski definition) is 1. The second-order valence-electron chi connectivity index (χ2n) is 6.16. The number of aromatic nitrogens is 3. The van der Waals surface area contributed by atoms with Crippen LogP contribution in [-0.4, -0.2) is 41.1 Å². The molecule has 120 valence electrons. The van der Waals surface area contributed by atoms with Crippen LogP contribution in [0.5, 0.6) is 0 Å². The summed E-state index contributed by atoms with van der Waals surface area (Å²) >= 11 is 0. The highest BCUT2D eigenvalue weighted by atomic mass is 15.3. The predicted octanol–water partition coefficient (Wildman–Crippen LogP) is 2.42. The van der Waals surface area contributed by atoms with Crippen molar-refractivity contribution >= 4 is 17.8 Å². The minimum atomic E-state index is 0.291. The van der Waals surface area contributed by atoms with Gasteiger partial charge in [-0.2, -0.15) is 15.0 Å². The van der Waals surface area contributed by atoms with Gasteiger partial charge in [0.05, 0.1) is 0 Å². The lowest BCUT2D eigenvalue weighted by molar-refractivity contribution is 0.543. The Kier molecular flexibility index (Phi) is 6.65. The van der Waals surface area contributed by atoms with Gasteiger partial charge < -0.3 is 15.5 Å². The Hall–Kier alpha value is -1.59. The van der Waals surface area contributed by atoms with Crippen LogP contribution >= 0.6 is 0 Å². The van der Waals surface area contributed by atoms with Gasteiger partial charge in [-0.3, -0.25) is 0 Å². The largest absolute Gasteiger partial charge is 0.368 e. The monoisotopic (exact) mass is 294 g/mol. The summed E-state index contributed by atoms with van der Waals surface area (Å²) in [5.41, 5.74) is 5.89. The fraction of sp³-hybridized carbons (Fsp3) is 0.800. The van der Waals surface area contributed by atoms with Crippen LogP contribution in [0.2, 0.25) is 0 Å². The molecule has 1 heterocycles. The van der Waals surface area contributed by atoms with Gasteiger partial charge >= 0.3 is 0 Å². The van der Waals surface area contributed by atoms with Crippen molar-refractivity contribution in [3.63, 3.8) is 0 Å². The summed E-state index contributed by atoms with van der Waals surface area (Å²) in [6, 6.07) is 0. The molecule has 0 aliphatic heterocycles. The van der Waals surface area contributed by atoms with E-state index in [2.05, 4.69) is 66.3 Å². The molecular formula is C15H30N6. The van der Waals surface area contributed by atoms with Crippen LogP contribution in [0.25, 0.3) is 0 Å². The Bertz CT molecular complexity index is 418. The van der Waals surface area contributed by atoms with Gasteiger partial charge in [-0.15, -0.1) is 0 Å². The molecule has 0 saturated carbocycles. The van der Waals surface area contributed by atoms with E-state index >= 15 is 0 Å². The Labute approximate surface area is 128 Å². The molecule has 1 aromatic rings. The van der Waals surface area contributed by atoms with E-state index in [1.807, 2.05) is 0 Å². The van der Waals surface area contributed by atoms with E-state index in [4.69, 9.17) is 5.73 Å². The summed E-state index contributed by atoms with van der Waals surface area (Å²) in [6.45, 7) is 16.5. The molecule has 0 unspecified atom stereocenters. The molecule has 0 spiro atoms. The third-order valence-electron chi connectivity index (χ3n) is 3.13. The minimum absolute atomic E-state index is 0.291. The van der Waals surface area contributed by atoms with Crippen molar-refractivity contribution in [1.82, 2.24) is 15.0 Å². The molecule has 0 radical (unpaired) electrons. The lowest BCUT2D eigenvalue weighted by atomic mass is 10.1. The molecule has 0 aliphatic rings. The zero-order valence-corrected chi connectivity index (χ0v) is 14.3. The van der Waals surface area contributed by atoms with E-state index in [9.17, 15) is 0 Å². The van der Waals surface area contributed by atoms with Crippen LogP contribution in [0.3, 0.4) is 0 Å². The molecule has 6 nitrogen and oxygen atoms in total. The lowest BCUT2D eigenvalue weighted by Crippen LogP contribution is -2.34. The highest BCUT2D eigenvalue weighted by molar-refractivity contribution is 5.43. The molecule has 1 rings (SSSR count). The summed E-state index contributed by atoms with van der Waals surface area (Å²) in [7, 11) is 0. The molecule has 0 fully saturated rings. The second kappa shape index (κ2) is 8.00. The van der Waals surface area contributed by atoms with Gasteiger partial charge in [-0.1, -0.05) is 27.7 Å². The van der Waals surface area contributed by atoms with Crippen molar-refractivity contribution in [1.29, 1.82) is 0 Å². The van der Waals surface area contributed by atoms with Crippen LogP contribution in [0.1, 0.15) is 41.5 Å². The van der Waals surface area contributed by atoms with Gasteiger partial charge in [0.15, 0.2) is 0 Å². The van der Waals surface area contributed by atoms with Crippen molar-refractivity contribution in [3.8, 4) is 0 Å². The molecule has 6 heteroatoms. The molecule has 0 aromatic carbocycles. The normalized spacial score (nSPS) is 11.2. The number of rotatable bonds is 8. The van der Waals surface area contributed by atoms with Crippen LogP contribution in [-0.2, 0) is 0 Å². The third-order valence-corrected chi connectivity index (χ3v) is 3.13. The van der Waals surface area contributed by atoms with Crippen molar-refractivity contribution < 1.29 is 0 Å². The molecule has 0 bridgehead atoms. The number of hydrogen-bond acceptors (Lipinski definition) is 6. The molecule has 2 N–H and O–H groups in total. The number of nitrogens with zero attached hydrogens (tertiary/aromatic N) is 5. The standard InChI is InChI=1S/C15H30N6/c1-7-20(8-2)14-17-13(16)18-15(19-14)21(9-11(3)4)10-12(5)6/h11-12H,7-10H2,1-6H3,(H2,16,17,18,19). The number of anilines is 3. The van der Waals surface area contributed by atoms with Crippen molar-refractivity contribution in [2.75, 3.05) is 41.7 Å². The fourth-order valence-electron chi connectivity index (χ4n) is 2.28. The molecule has 21 heavy (non-hydrogen) atoms. The smallest absolute Gasteiger partial charge is 0.231 e. The Morgan fingerprint density at radius 3 is 1.62 bits per heavy atom.